The molecule has 1 unspecified atom stereocenters. The van der Waals surface area contributed by atoms with E-state index < -0.39 is 0 Å². The number of fused-ring (bicyclic) bond motifs is 2. The van der Waals surface area contributed by atoms with Gasteiger partial charge in [0.2, 0.25) is 0 Å². The molecule has 0 spiro atoms. The van der Waals surface area contributed by atoms with Crippen LogP contribution in [0.2, 0.25) is 0 Å². The molecule has 1 saturated heterocycles. The Bertz CT molecular complexity index is 500. The van der Waals surface area contributed by atoms with Crippen molar-refractivity contribution in [3.8, 4) is 11.8 Å². The molecule has 3 atom stereocenters. The number of rotatable bonds is 2. The smallest absolute Gasteiger partial charge is 0.104 e. The first-order valence-corrected chi connectivity index (χ1v) is 7.43. The van der Waals surface area contributed by atoms with Gasteiger partial charge in [0.05, 0.1) is 0 Å². The molecular weight excluding hydrogens is 248 g/mol. The molecule has 1 heterocycles. The first kappa shape index (κ1) is 13.6. The number of aliphatic hydroxyl groups is 1. The van der Waals surface area contributed by atoms with Crippen LogP contribution < -0.4 is 5.73 Å². The molecule has 3 N–H and O–H groups in total. The van der Waals surface area contributed by atoms with E-state index in [0.717, 1.165) is 25.2 Å². The summed E-state index contributed by atoms with van der Waals surface area (Å²) in [5.41, 5.74) is 8.53. The van der Waals surface area contributed by atoms with E-state index in [2.05, 4.69) is 28.9 Å². The molecule has 3 rings (SSSR count). The number of benzene rings is 1. The lowest BCUT2D eigenvalue weighted by atomic mass is 9.93. The van der Waals surface area contributed by atoms with Crippen LogP contribution in [0.5, 0.6) is 0 Å². The van der Waals surface area contributed by atoms with Crippen molar-refractivity contribution in [2.75, 3.05) is 19.7 Å². The van der Waals surface area contributed by atoms with Crippen LogP contribution in [0, 0.1) is 23.7 Å². The molecule has 1 aromatic carbocycles. The summed E-state index contributed by atoms with van der Waals surface area (Å²) >= 11 is 0. The van der Waals surface area contributed by atoms with Gasteiger partial charge in [-0.3, -0.25) is 4.90 Å². The Kier molecular flexibility index (Phi) is 4.07. The Labute approximate surface area is 120 Å². The van der Waals surface area contributed by atoms with E-state index in [9.17, 15) is 0 Å². The van der Waals surface area contributed by atoms with E-state index in [-0.39, 0.29) is 6.61 Å². The molecule has 0 radical (unpaired) electrons. The molecule has 0 amide bonds. The summed E-state index contributed by atoms with van der Waals surface area (Å²) in [5, 5.41) is 8.68. The molecule has 1 aromatic rings. The van der Waals surface area contributed by atoms with Gasteiger partial charge in [-0.05, 0) is 42.4 Å². The average molecular weight is 270 g/mol. The fourth-order valence-electron chi connectivity index (χ4n) is 3.58. The van der Waals surface area contributed by atoms with Gasteiger partial charge in [-0.1, -0.05) is 24.0 Å². The molecule has 1 aliphatic heterocycles. The maximum Gasteiger partial charge on any atom is 0.104 e. The van der Waals surface area contributed by atoms with Gasteiger partial charge < -0.3 is 10.8 Å². The molecule has 0 aromatic heterocycles. The van der Waals surface area contributed by atoms with Crippen LogP contribution in [0.25, 0.3) is 0 Å². The van der Waals surface area contributed by atoms with Crippen molar-refractivity contribution in [1.29, 1.82) is 0 Å². The fourth-order valence-corrected chi connectivity index (χ4v) is 3.58. The largest absolute Gasteiger partial charge is 0.384 e. The third-order valence-corrected chi connectivity index (χ3v) is 4.65. The van der Waals surface area contributed by atoms with Crippen molar-refractivity contribution >= 4 is 0 Å². The number of nitrogens with zero attached hydrogens (tertiary/aromatic N) is 1. The third kappa shape index (κ3) is 2.88. The Morgan fingerprint density at radius 1 is 1.15 bits per heavy atom. The van der Waals surface area contributed by atoms with Gasteiger partial charge in [-0.15, -0.1) is 0 Å². The van der Waals surface area contributed by atoms with Crippen molar-refractivity contribution in [3.63, 3.8) is 0 Å². The van der Waals surface area contributed by atoms with Crippen LogP contribution in [0.15, 0.2) is 24.3 Å². The fraction of sp³-hybridized carbons (Fsp3) is 0.529. The minimum absolute atomic E-state index is 0.0848. The maximum atomic E-state index is 8.68. The number of likely N-dealkylation sites (tertiary alicyclic amines) is 1. The van der Waals surface area contributed by atoms with Gasteiger partial charge in [0.25, 0.3) is 0 Å². The molecule has 3 nitrogen and oxygen atoms in total. The van der Waals surface area contributed by atoms with Gasteiger partial charge in [-0.2, -0.15) is 0 Å². The summed E-state index contributed by atoms with van der Waals surface area (Å²) in [6.07, 6.45) is 2.61. The van der Waals surface area contributed by atoms with Crippen molar-refractivity contribution in [1.82, 2.24) is 4.90 Å². The van der Waals surface area contributed by atoms with Crippen LogP contribution in [0.4, 0.5) is 0 Å². The minimum atomic E-state index is -0.0848. The van der Waals surface area contributed by atoms with E-state index in [4.69, 9.17) is 10.8 Å². The molecule has 106 valence electrons. The van der Waals surface area contributed by atoms with Crippen molar-refractivity contribution in [3.05, 3.63) is 35.4 Å². The van der Waals surface area contributed by atoms with Crippen molar-refractivity contribution in [2.45, 2.75) is 25.4 Å². The van der Waals surface area contributed by atoms with E-state index >= 15 is 0 Å². The topological polar surface area (TPSA) is 49.5 Å². The first-order valence-electron chi connectivity index (χ1n) is 7.43. The molecule has 2 bridgehead atoms. The summed E-state index contributed by atoms with van der Waals surface area (Å²) in [7, 11) is 0. The molecule has 1 aliphatic carbocycles. The minimum Gasteiger partial charge on any atom is -0.384 e. The molecule has 20 heavy (non-hydrogen) atoms. The van der Waals surface area contributed by atoms with Gasteiger partial charge in [0, 0.05) is 31.2 Å². The van der Waals surface area contributed by atoms with Crippen molar-refractivity contribution < 1.29 is 5.11 Å². The van der Waals surface area contributed by atoms with Gasteiger partial charge in [-0.25, -0.2) is 0 Å². The predicted octanol–water partition coefficient (Wildman–Crippen LogP) is 1.20. The van der Waals surface area contributed by atoms with Crippen LogP contribution in [-0.2, 0) is 6.54 Å². The Morgan fingerprint density at radius 2 is 1.80 bits per heavy atom. The average Bonchev–Trinajstić information content (AvgIpc) is 2.69. The highest BCUT2D eigenvalue weighted by molar-refractivity contribution is 5.36. The number of aliphatic hydroxyl groups excluding tert-OH is 1. The SMILES string of the molecule is NC1[C@@H]2CC[C@H]1CN(Cc1ccc(C#CCO)cc1)C2. The summed E-state index contributed by atoms with van der Waals surface area (Å²) < 4.78 is 0. The van der Waals surface area contributed by atoms with E-state index in [1.807, 2.05) is 12.1 Å². The van der Waals surface area contributed by atoms with Crippen LogP contribution >= 0.6 is 0 Å². The van der Waals surface area contributed by atoms with E-state index in [0.29, 0.717) is 17.9 Å². The van der Waals surface area contributed by atoms with Crippen molar-refractivity contribution in [2.24, 2.45) is 17.6 Å². The second-order valence-corrected chi connectivity index (χ2v) is 6.03. The molecular formula is C17H22N2O. The molecule has 2 aliphatic rings. The van der Waals surface area contributed by atoms with E-state index in [1.165, 1.54) is 18.4 Å². The highest BCUT2D eigenvalue weighted by atomic mass is 16.2. The summed E-state index contributed by atoms with van der Waals surface area (Å²) in [5.74, 6) is 6.99. The number of piperidine rings is 1. The maximum absolute atomic E-state index is 8.68. The Balaban J connectivity index is 1.61. The Hall–Kier alpha value is -1.34. The normalized spacial score (nSPS) is 29.0. The highest BCUT2D eigenvalue weighted by Crippen LogP contribution is 2.35. The quantitative estimate of drug-likeness (QED) is 0.794. The third-order valence-electron chi connectivity index (χ3n) is 4.65. The lowest BCUT2D eigenvalue weighted by Crippen LogP contribution is -2.48. The Morgan fingerprint density at radius 3 is 2.40 bits per heavy atom. The first-order chi connectivity index (χ1) is 9.76. The molecule has 2 fully saturated rings. The van der Waals surface area contributed by atoms with Gasteiger partial charge >= 0.3 is 0 Å². The summed E-state index contributed by atoms with van der Waals surface area (Å²) in [6, 6.07) is 8.77. The number of hydrogen-bond acceptors (Lipinski definition) is 3. The van der Waals surface area contributed by atoms with Gasteiger partial charge in [0.1, 0.15) is 6.61 Å². The monoisotopic (exact) mass is 270 g/mol. The summed E-state index contributed by atoms with van der Waals surface area (Å²) in [4.78, 5) is 2.54. The lowest BCUT2D eigenvalue weighted by Gasteiger charge is -2.36. The summed E-state index contributed by atoms with van der Waals surface area (Å²) in [6.45, 7) is 3.21. The van der Waals surface area contributed by atoms with Gasteiger partial charge in [0.15, 0.2) is 0 Å². The zero-order chi connectivity index (χ0) is 13.9. The molecule has 1 saturated carbocycles. The lowest BCUT2D eigenvalue weighted by molar-refractivity contribution is 0.140. The zero-order valence-electron chi connectivity index (χ0n) is 11.8. The number of nitrogens with two attached hydrogens (primary N) is 1. The number of hydrogen-bond donors (Lipinski definition) is 2. The highest BCUT2D eigenvalue weighted by Gasteiger charge is 2.39. The van der Waals surface area contributed by atoms with Crippen LogP contribution in [0.1, 0.15) is 24.0 Å². The van der Waals surface area contributed by atoms with Crippen LogP contribution in [0.3, 0.4) is 0 Å². The zero-order valence-corrected chi connectivity index (χ0v) is 11.8. The molecule has 3 heteroatoms. The van der Waals surface area contributed by atoms with Crippen LogP contribution in [-0.4, -0.2) is 35.7 Å². The second kappa shape index (κ2) is 5.97. The van der Waals surface area contributed by atoms with E-state index in [1.54, 1.807) is 0 Å². The standard InChI is InChI=1S/C17H22N2O/c18-17-15-7-8-16(17)12-19(11-15)10-14-5-3-13(4-6-14)2-1-9-20/h3-6,15-17,20H,7-12,18H2/t15-,16+,17?. The second-order valence-electron chi connectivity index (χ2n) is 6.03. The predicted molar refractivity (Wildman–Crippen MR) is 79.9 cm³/mol.